The van der Waals surface area contributed by atoms with E-state index in [1.54, 1.807) is 0 Å². The van der Waals surface area contributed by atoms with Gasteiger partial charge in [-0.25, -0.2) is 0 Å². The normalized spacial score (nSPS) is 14.6. The van der Waals surface area contributed by atoms with E-state index >= 15 is 0 Å². The summed E-state index contributed by atoms with van der Waals surface area (Å²) in [6, 6.07) is 12.1. The van der Waals surface area contributed by atoms with Gasteiger partial charge in [0.15, 0.2) is 5.11 Å². The van der Waals surface area contributed by atoms with Crippen LogP contribution in [0.5, 0.6) is 0 Å². The van der Waals surface area contributed by atoms with Gasteiger partial charge in [0, 0.05) is 37.6 Å². The fraction of sp³-hybridized carbons (Fsp3) is 0.316. The predicted octanol–water partition coefficient (Wildman–Crippen LogP) is 5.13. The summed E-state index contributed by atoms with van der Waals surface area (Å²) in [7, 11) is 0. The van der Waals surface area contributed by atoms with Crippen LogP contribution in [0.3, 0.4) is 0 Å². The third-order valence-electron chi connectivity index (χ3n) is 4.47. The summed E-state index contributed by atoms with van der Waals surface area (Å²) in [4.78, 5) is 4.52. The van der Waals surface area contributed by atoms with Crippen LogP contribution in [0.25, 0.3) is 0 Å². The molecular weight excluding hydrogens is 373 g/mol. The van der Waals surface area contributed by atoms with Crippen molar-refractivity contribution in [3.05, 3.63) is 57.6 Å². The largest absolute Gasteiger partial charge is 0.368 e. The molecule has 3 rings (SSSR count). The number of thiocarbonyl (C=S) groups is 1. The van der Waals surface area contributed by atoms with Crippen molar-refractivity contribution in [3.63, 3.8) is 0 Å². The number of anilines is 2. The van der Waals surface area contributed by atoms with Crippen LogP contribution in [0.1, 0.15) is 11.1 Å². The molecule has 132 valence electrons. The molecule has 1 aliphatic heterocycles. The van der Waals surface area contributed by atoms with E-state index in [1.807, 2.05) is 18.2 Å². The Kier molecular flexibility index (Phi) is 5.72. The highest BCUT2D eigenvalue weighted by Crippen LogP contribution is 2.28. The molecule has 1 saturated heterocycles. The molecule has 0 aromatic heterocycles. The molecule has 0 unspecified atom stereocenters. The highest BCUT2D eigenvalue weighted by molar-refractivity contribution is 7.80. The topological polar surface area (TPSA) is 18.5 Å². The van der Waals surface area contributed by atoms with Crippen molar-refractivity contribution in [1.82, 2.24) is 4.90 Å². The summed E-state index contributed by atoms with van der Waals surface area (Å²) >= 11 is 17.7. The van der Waals surface area contributed by atoms with Gasteiger partial charge in [-0.15, -0.1) is 0 Å². The molecule has 0 radical (unpaired) electrons. The molecule has 1 heterocycles. The van der Waals surface area contributed by atoms with Crippen LogP contribution in [0, 0.1) is 13.8 Å². The number of benzene rings is 2. The second kappa shape index (κ2) is 7.81. The maximum Gasteiger partial charge on any atom is 0.173 e. The van der Waals surface area contributed by atoms with Gasteiger partial charge in [-0.2, -0.15) is 0 Å². The minimum Gasteiger partial charge on any atom is -0.368 e. The highest BCUT2D eigenvalue weighted by atomic mass is 35.5. The van der Waals surface area contributed by atoms with Crippen LogP contribution in [0.4, 0.5) is 11.4 Å². The Morgan fingerprint density at radius 1 is 0.960 bits per heavy atom. The van der Waals surface area contributed by atoms with Crippen molar-refractivity contribution in [2.45, 2.75) is 13.8 Å². The standard InChI is InChI=1S/C19H21Cl2N3S/c1-13-3-4-14(2)18(11-13)22-19(25)24-9-7-23(8-10-24)15-5-6-16(20)17(21)12-15/h3-6,11-12H,7-10H2,1-2H3,(H,22,25). The van der Waals surface area contributed by atoms with E-state index in [9.17, 15) is 0 Å². The summed E-state index contributed by atoms with van der Waals surface area (Å²) in [5.74, 6) is 0. The van der Waals surface area contributed by atoms with Gasteiger partial charge < -0.3 is 15.1 Å². The quantitative estimate of drug-likeness (QED) is 0.712. The van der Waals surface area contributed by atoms with Crippen LogP contribution >= 0.6 is 35.4 Å². The first-order valence-electron chi connectivity index (χ1n) is 8.27. The van der Waals surface area contributed by atoms with Gasteiger partial charge in [0.05, 0.1) is 10.0 Å². The van der Waals surface area contributed by atoms with Crippen LogP contribution in [0.15, 0.2) is 36.4 Å². The zero-order valence-corrected chi connectivity index (χ0v) is 16.7. The fourth-order valence-electron chi connectivity index (χ4n) is 2.91. The van der Waals surface area contributed by atoms with E-state index in [0.717, 1.165) is 42.7 Å². The van der Waals surface area contributed by atoms with Gasteiger partial charge >= 0.3 is 0 Å². The second-order valence-electron chi connectivity index (χ2n) is 6.32. The number of hydrogen-bond acceptors (Lipinski definition) is 2. The lowest BCUT2D eigenvalue weighted by Crippen LogP contribution is -2.50. The molecule has 6 heteroatoms. The van der Waals surface area contributed by atoms with Gasteiger partial charge in [0.2, 0.25) is 0 Å². The second-order valence-corrected chi connectivity index (χ2v) is 7.52. The number of hydrogen-bond donors (Lipinski definition) is 1. The average Bonchev–Trinajstić information content (AvgIpc) is 2.60. The first-order valence-corrected chi connectivity index (χ1v) is 9.43. The molecule has 0 bridgehead atoms. The maximum absolute atomic E-state index is 6.13. The molecule has 2 aromatic carbocycles. The fourth-order valence-corrected chi connectivity index (χ4v) is 3.50. The Hall–Kier alpha value is -1.49. The molecule has 2 aromatic rings. The van der Waals surface area contributed by atoms with Crippen molar-refractivity contribution in [2.24, 2.45) is 0 Å². The van der Waals surface area contributed by atoms with Crippen molar-refractivity contribution in [1.29, 1.82) is 0 Å². The Morgan fingerprint density at radius 3 is 2.36 bits per heavy atom. The van der Waals surface area contributed by atoms with Crippen molar-refractivity contribution in [3.8, 4) is 0 Å². The Balaban J connectivity index is 1.60. The lowest BCUT2D eigenvalue weighted by Gasteiger charge is -2.37. The summed E-state index contributed by atoms with van der Waals surface area (Å²) in [6.07, 6.45) is 0. The molecule has 0 amide bonds. The van der Waals surface area contributed by atoms with Crippen LogP contribution in [0.2, 0.25) is 10.0 Å². The zero-order valence-electron chi connectivity index (χ0n) is 14.4. The lowest BCUT2D eigenvalue weighted by atomic mass is 10.1. The van der Waals surface area contributed by atoms with Crippen LogP contribution in [-0.2, 0) is 0 Å². The zero-order chi connectivity index (χ0) is 18.0. The molecular formula is C19H21Cl2N3S. The molecule has 0 atom stereocenters. The van der Waals surface area contributed by atoms with Crippen LogP contribution < -0.4 is 10.2 Å². The molecule has 25 heavy (non-hydrogen) atoms. The molecule has 0 spiro atoms. The number of nitrogens with zero attached hydrogens (tertiary/aromatic N) is 2. The molecule has 0 saturated carbocycles. The van der Waals surface area contributed by atoms with Crippen molar-refractivity contribution in [2.75, 3.05) is 36.4 Å². The smallest absolute Gasteiger partial charge is 0.173 e. The Labute approximate surface area is 164 Å². The lowest BCUT2D eigenvalue weighted by molar-refractivity contribution is 0.391. The minimum atomic E-state index is 0.586. The van der Waals surface area contributed by atoms with E-state index < -0.39 is 0 Å². The van der Waals surface area contributed by atoms with Gasteiger partial charge in [-0.1, -0.05) is 35.3 Å². The highest BCUT2D eigenvalue weighted by Gasteiger charge is 2.20. The SMILES string of the molecule is Cc1ccc(C)c(NC(=S)N2CCN(c3ccc(Cl)c(Cl)c3)CC2)c1. The first kappa shape index (κ1) is 18.3. The predicted molar refractivity (Wildman–Crippen MR) is 112 cm³/mol. The number of piperazine rings is 1. The molecule has 1 aliphatic rings. The van der Waals surface area contributed by atoms with Gasteiger partial charge in [-0.3, -0.25) is 0 Å². The Bertz CT molecular complexity index is 786. The summed E-state index contributed by atoms with van der Waals surface area (Å²) in [5.41, 5.74) is 4.60. The monoisotopic (exact) mass is 393 g/mol. The van der Waals surface area contributed by atoms with E-state index in [0.29, 0.717) is 10.0 Å². The summed E-state index contributed by atoms with van der Waals surface area (Å²) < 4.78 is 0. The van der Waals surface area contributed by atoms with Crippen molar-refractivity contribution < 1.29 is 0 Å². The van der Waals surface area contributed by atoms with Gasteiger partial charge in [-0.05, 0) is 61.5 Å². The average molecular weight is 394 g/mol. The van der Waals surface area contributed by atoms with Crippen molar-refractivity contribution >= 4 is 51.9 Å². The minimum absolute atomic E-state index is 0.586. The van der Waals surface area contributed by atoms with Gasteiger partial charge in [0.1, 0.15) is 0 Å². The van der Waals surface area contributed by atoms with Gasteiger partial charge in [0.25, 0.3) is 0 Å². The van der Waals surface area contributed by atoms with E-state index in [-0.39, 0.29) is 0 Å². The van der Waals surface area contributed by atoms with E-state index in [2.05, 4.69) is 47.2 Å². The molecule has 0 aliphatic carbocycles. The van der Waals surface area contributed by atoms with E-state index in [4.69, 9.17) is 35.4 Å². The maximum atomic E-state index is 6.13. The number of rotatable bonds is 2. The molecule has 3 nitrogen and oxygen atoms in total. The summed E-state index contributed by atoms with van der Waals surface area (Å²) in [5, 5.41) is 5.35. The third kappa shape index (κ3) is 4.38. The number of aryl methyl sites for hydroxylation is 2. The van der Waals surface area contributed by atoms with Crippen LogP contribution in [-0.4, -0.2) is 36.2 Å². The first-order chi connectivity index (χ1) is 11.9. The number of nitrogens with one attached hydrogen (secondary N) is 1. The number of halogens is 2. The van der Waals surface area contributed by atoms with E-state index in [1.165, 1.54) is 11.1 Å². The molecule has 1 N–H and O–H groups in total. The molecule has 1 fully saturated rings. The third-order valence-corrected chi connectivity index (χ3v) is 5.57. The Morgan fingerprint density at radius 2 is 1.68 bits per heavy atom. The summed E-state index contributed by atoms with van der Waals surface area (Å²) in [6.45, 7) is 7.71.